The summed E-state index contributed by atoms with van der Waals surface area (Å²) in [5.41, 5.74) is 1.89. The van der Waals surface area contributed by atoms with E-state index in [1.165, 1.54) is 44.2 Å². The van der Waals surface area contributed by atoms with Gasteiger partial charge in [0.2, 0.25) is 0 Å². The van der Waals surface area contributed by atoms with Gasteiger partial charge in [0.1, 0.15) is 0 Å². The fourth-order valence-corrected chi connectivity index (χ4v) is 4.40. The van der Waals surface area contributed by atoms with Crippen molar-refractivity contribution in [2.24, 2.45) is 18.4 Å². The normalized spacial score (nSPS) is 19.3. The SMILES string of the molecule is CCNC(CCc1ccnn1C)C1(CC(C)C)CCCC1. The summed E-state index contributed by atoms with van der Waals surface area (Å²) in [4.78, 5) is 0. The van der Waals surface area contributed by atoms with Crippen molar-refractivity contribution in [1.82, 2.24) is 15.1 Å². The molecule has 1 fully saturated rings. The van der Waals surface area contributed by atoms with E-state index >= 15 is 0 Å². The Morgan fingerprint density at radius 1 is 1.33 bits per heavy atom. The Balaban J connectivity index is 2.06. The third-order valence-electron chi connectivity index (χ3n) is 5.22. The first-order chi connectivity index (χ1) is 10.1. The number of aromatic nitrogens is 2. The minimum Gasteiger partial charge on any atom is -0.314 e. The lowest BCUT2D eigenvalue weighted by Gasteiger charge is -2.40. The van der Waals surface area contributed by atoms with Gasteiger partial charge in [-0.2, -0.15) is 5.10 Å². The summed E-state index contributed by atoms with van der Waals surface area (Å²) in [7, 11) is 2.05. The summed E-state index contributed by atoms with van der Waals surface area (Å²) in [6.07, 6.45) is 11.3. The van der Waals surface area contributed by atoms with Crippen molar-refractivity contribution in [2.75, 3.05) is 6.54 Å². The van der Waals surface area contributed by atoms with Gasteiger partial charge in [0.15, 0.2) is 0 Å². The molecule has 2 rings (SSSR count). The van der Waals surface area contributed by atoms with Gasteiger partial charge in [0.05, 0.1) is 0 Å². The average Bonchev–Trinajstić information content (AvgIpc) is 3.04. The van der Waals surface area contributed by atoms with Crippen LogP contribution in [0, 0.1) is 11.3 Å². The molecule has 0 amide bonds. The molecule has 1 atom stereocenters. The monoisotopic (exact) mass is 291 g/mol. The standard InChI is InChI=1S/C18H33N3/c1-5-19-17(9-8-16-10-13-20-21(16)4)18(14-15(2)3)11-6-7-12-18/h10,13,15,17,19H,5-9,11-12,14H2,1-4H3. The van der Waals surface area contributed by atoms with Gasteiger partial charge in [-0.1, -0.05) is 33.6 Å². The van der Waals surface area contributed by atoms with Crippen LogP contribution in [0.25, 0.3) is 0 Å². The van der Waals surface area contributed by atoms with Crippen LogP contribution in [0.3, 0.4) is 0 Å². The molecule has 120 valence electrons. The van der Waals surface area contributed by atoms with Gasteiger partial charge >= 0.3 is 0 Å². The first-order valence-corrected chi connectivity index (χ1v) is 8.77. The predicted molar refractivity (Wildman–Crippen MR) is 89.3 cm³/mol. The largest absolute Gasteiger partial charge is 0.314 e. The first-order valence-electron chi connectivity index (χ1n) is 8.77. The van der Waals surface area contributed by atoms with Crippen LogP contribution in [0.1, 0.15) is 65.0 Å². The number of hydrogen-bond donors (Lipinski definition) is 1. The zero-order valence-electron chi connectivity index (χ0n) is 14.4. The highest BCUT2D eigenvalue weighted by Crippen LogP contribution is 2.47. The molecule has 0 aromatic carbocycles. The average molecular weight is 291 g/mol. The molecular formula is C18H33N3. The molecule has 1 saturated carbocycles. The highest BCUT2D eigenvalue weighted by atomic mass is 15.2. The van der Waals surface area contributed by atoms with E-state index in [1.54, 1.807) is 0 Å². The van der Waals surface area contributed by atoms with Gasteiger partial charge in [-0.05, 0) is 56.0 Å². The lowest BCUT2D eigenvalue weighted by atomic mass is 9.71. The van der Waals surface area contributed by atoms with E-state index in [0.717, 1.165) is 18.9 Å². The van der Waals surface area contributed by atoms with Crippen LogP contribution < -0.4 is 5.32 Å². The van der Waals surface area contributed by atoms with Crippen molar-refractivity contribution in [1.29, 1.82) is 0 Å². The topological polar surface area (TPSA) is 29.9 Å². The van der Waals surface area contributed by atoms with E-state index in [2.05, 4.69) is 44.3 Å². The summed E-state index contributed by atoms with van der Waals surface area (Å²) in [5, 5.41) is 8.12. The van der Waals surface area contributed by atoms with Gasteiger partial charge in [0.25, 0.3) is 0 Å². The molecule has 1 aromatic heterocycles. The third kappa shape index (κ3) is 4.09. The van der Waals surface area contributed by atoms with Crippen LogP contribution in [-0.2, 0) is 13.5 Å². The predicted octanol–water partition coefficient (Wildman–Crippen LogP) is 3.94. The van der Waals surface area contributed by atoms with Crippen molar-refractivity contribution in [3.8, 4) is 0 Å². The van der Waals surface area contributed by atoms with E-state index in [-0.39, 0.29) is 0 Å². The molecule has 1 aromatic rings. The Morgan fingerprint density at radius 2 is 2.05 bits per heavy atom. The second kappa shape index (κ2) is 7.44. The Morgan fingerprint density at radius 3 is 2.57 bits per heavy atom. The maximum absolute atomic E-state index is 4.30. The Labute approximate surface area is 130 Å². The molecule has 1 aliphatic carbocycles. The number of hydrogen-bond acceptors (Lipinski definition) is 2. The maximum atomic E-state index is 4.30. The summed E-state index contributed by atoms with van der Waals surface area (Å²) in [5.74, 6) is 0.793. The van der Waals surface area contributed by atoms with Gasteiger partial charge in [-0.3, -0.25) is 4.68 Å². The van der Waals surface area contributed by atoms with E-state index in [9.17, 15) is 0 Å². The molecule has 0 bridgehead atoms. The van der Waals surface area contributed by atoms with E-state index in [1.807, 2.05) is 10.9 Å². The second-order valence-corrected chi connectivity index (χ2v) is 7.26. The van der Waals surface area contributed by atoms with E-state index < -0.39 is 0 Å². The Bertz CT molecular complexity index is 416. The van der Waals surface area contributed by atoms with Gasteiger partial charge < -0.3 is 5.32 Å². The highest BCUT2D eigenvalue weighted by molar-refractivity contribution is 5.03. The fourth-order valence-electron chi connectivity index (χ4n) is 4.40. The summed E-state index contributed by atoms with van der Waals surface area (Å²) < 4.78 is 2.02. The Kier molecular flexibility index (Phi) is 5.86. The summed E-state index contributed by atoms with van der Waals surface area (Å²) in [6.45, 7) is 8.08. The summed E-state index contributed by atoms with van der Waals surface area (Å²) >= 11 is 0. The molecule has 1 unspecified atom stereocenters. The van der Waals surface area contributed by atoms with Gasteiger partial charge in [0, 0.05) is 25.0 Å². The lowest BCUT2D eigenvalue weighted by Crippen LogP contribution is -2.45. The minimum atomic E-state index is 0.531. The maximum Gasteiger partial charge on any atom is 0.0492 e. The van der Waals surface area contributed by atoms with E-state index in [0.29, 0.717) is 11.5 Å². The minimum absolute atomic E-state index is 0.531. The van der Waals surface area contributed by atoms with Crippen LogP contribution in [0.15, 0.2) is 12.3 Å². The van der Waals surface area contributed by atoms with Gasteiger partial charge in [-0.15, -0.1) is 0 Å². The number of rotatable bonds is 8. The quantitative estimate of drug-likeness (QED) is 0.786. The van der Waals surface area contributed by atoms with E-state index in [4.69, 9.17) is 0 Å². The van der Waals surface area contributed by atoms with Crippen LogP contribution >= 0.6 is 0 Å². The molecule has 3 heteroatoms. The smallest absolute Gasteiger partial charge is 0.0492 e. The molecule has 0 spiro atoms. The van der Waals surface area contributed by atoms with Crippen molar-refractivity contribution in [2.45, 2.75) is 71.8 Å². The molecule has 1 heterocycles. The molecular weight excluding hydrogens is 258 g/mol. The zero-order chi connectivity index (χ0) is 15.3. The molecule has 0 saturated heterocycles. The number of aryl methyl sites for hydroxylation is 2. The third-order valence-corrected chi connectivity index (χ3v) is 5.22. The van der Waals surface area contributed by atoms with Gasteiger partial charge in [-0.25, -0.2) is 0 Å². The molecule has 1 aliphatic rings. The summed E-state index contributed by atoms with van der Waals surface area (Å²) in [6, 6.07) is 2.81. The number of nitrogens with zero attached hydrogens (tertiary/aromatic N) is 2. The lowest BCUT2D eigenvalue weighted by molar-refractivity contribution is 0.148. The van der Waals surface area contributed by atoms with Crippen LogP contribution in [0.2, 0.25) is 0 Å². The van der Waals surface area contributed by atoms with Crippen molar-refractivity contribution in [3.63, 3.8) is 0 Å². The van der Waals surface area contributed by atoms with Crippen molar-refractivity contribution >= 4 is 0 Å². The highest BCUT2D eigenvalue weighted by Gasteiger charge is 2.40. The molecule has 0 radical (unpaired) electrons. The van der Waals surface area contributed by atoms with Crippen LogP contribution in [0.4, 0.5) is 0 Å². The van der Waals surface area contributed by atoms with Crippen molar-refractivity contribution < 1.29 is 0 Å². The molecule has 1 N–H and O–H groups in total. The molecule has 3 nitrogen and oxygen atoms in total. The Hall–Kier alpha value is -0.830. The molecule has 0 aliphatic heterocycles. The second-order valence-electron chi connectivity index (χ2n) is 7.26. The van der Waals surface area contributed by atoms with Crippen molar-refractivity contribution in [3.05, 3.63) is 18.0 Å². The zero-order valence-corrected chi connectivity index (χ0v) is 14.4. The van der Waals surface area contributed by atoms with Crippen LogP contribution in [0.5, 0.6) is 0 Å². The molecule has 21 heavy (non-hydrogen) atoms. The fraction of sp³-hybridized carbons (Fsp3) is 0.833. The number of nitrogens with one attached hydrogen (secondary N) is 1. The van der Waals surface area contributed by atoms with Crippen LogP contribution in [-0.4, -0.2) is 22.4 Å². The first kappa shape index (κ1) is 16.5.